The molecule has 1 unspecified atom stereocenters. The number of benzene rings is 1. The van der Waals surface area contributed by atoms with Gasteiger partial charge in [-0.1, -0.05) is 31.2 Å². The topological polar surface area (TPSA) is 55.1 Å². The van der Waals surface area contributed by atoms with Crippen molar-refractivity contribution in [3.63, 3.8) is 0 Å². The molecule has 3 N–H and O–H groups in total. The number of amides is 1. The molecule has 2 rings (SSSR count). The Morgan fingerprint density at radius 3 is 2.56 bits per heavy atom. The van der Waals surface area contributed by atoms with Crippen LogP contribution in [0, 0.1) is 11.8 Å². The molecule has 18 heavy (non-hydrogen) atoms. The summed E-state index contributed by atoms with van der Waals surface area (Å²) < 4.78 is 0. The normalized spacial score (nSPS) is 16.3. The SMILES string of the molecule is CC(CCN)CNC(=O)C1Cc2ccccc2C1. The molecule has 0 bridgehead atoms. The molecule has 3 heteroatoms. The van der Waals surface area contributed by atoms with Crippen LogP contribution >= 0.6 is 0 Å². The number of fused-ring (bicyclic) bond motifs is 1. The maximum atomic E-state index is 12.1. The van der Waals surface area contributed by atoms with Gasteiger partial charge in [0.05, 0.1) is 0 Å². The molecule has 1 atom stereocenters. The minimum atomic E-state index is 0.118. The van der Waals surface area contributed by atoms with E-state index in [4.69, 9.17) is 5.73 Å². The highest BCUT2D eigenvalue weighted by Crippen LogP contribution is 2.26. The number of carbonyl (C=O) groups excluding carboxylic acids is 1. The van der Waals surface area contributed by atoms with Crippen LogP contribution in [0.3, 0.4) is 0 Å². The fourth-order valence-electron chi connectivity index (χ4n) is 2.55. The van der Waals surface area contributed by atoms with Crippen molar-refractivity contribution < 1.29 is 4.79 Å². The average Bonchev–Trinajstić information content (AvgIpc) is 2.80. The summed E-state index contributed by atoms with van der Waals surface area (Å²) in [5.74, 6) is 0.769. The molecule has 0 saturated heterocycles. The summed E-state index contributed by atoms with van der Waals surface area (Å²) in [6, 6.07) is 8.34. The van der Waals surface area contributed by atoms with E-state index in [0.717, 1.165) is 25.8 Å². The van der Waals surface area contributed by atoms with Crippen LogP contribution in [0.4, 0.5) is 0 Å². The molecule has 0 heterocycles. The molecule has 1 aromatic carbocycles. The molecule has 0 radical (unpaired) electrons. The van der Waals surface area contributed by atoms with E-state index in [1.165, 1.54) is 11.1 Å². The van der Waals surface area contributed by atoms with Crippen molar-refractivity contribution in [3.05, 3.63) is 35.4 Å². The van der Waals surface area contributed by atoms with Gasteiger partial charge in [-0.25, -0.2) is 0 Å². The van der Waals surface area contributed by atoms with Crippen LogP contribution in [0.1, 0.15) is 24.5 Å². The van der Waals surface area contributed by atoms with Gasteiger partial charge in [0.25, 0.3) is 0 Å². The van der Waals surface area contributed by atoms with Gasteiger partial charge in [0.2, 0.25) is 5.91 Å². The molecule has 0 aliphatic heterocycles. The molecule has 1 aliphatic rings. The van der Waals surface area contributed by atoms with E-state index in [-0.39, 0.29) is 11.8 Å². The summed E-state index contributed by atoms with van der Waals surface area (Å²) in [6.45, 7) is 3.55. The van der Waals surface area contributed by atoms with Gasteiger partial charge in [-0.2, -0.15) is 0 Å². The summed E-state index contributed by atoms with van der Waals surface area (Å²) in [4.78, 5) is 12.1. The van der Waals surface area contributed by atoms with Crippen LogP contribution in [-0.2, 0) is 17.6 Å². The van der Waals surface area contributed by atoms with E-state index in [2.05, 4.69) is 24.4 Å². The maximum Gasteiger partial charge on any atom is 0.223 e. The highest BCUT2D eigenvalue weighted by Gasteiger charge is 2.26. The Labute approximate surface area is 109 Å². The Bertz CT molecular complexity index is 392. The zero-order chi connectivity index (χ0) is 13.0. The molecule has 0 aromatic heterocycles. The molecule has 0 spiro atoms. The van der Waals surface area contributed by atoms with Gasteiger partial charge in [0.15, 0.2) is 0 Å². The van der Waals surface area contributed by atoms with Crippen LogP contribution in [0.15, 0.2) is 24.3 Å². The first-order valence-electron chi connectivity index (χ1n) is 6.75. The first-order valence-corrected chi connectivity index (χ1v) is 6.75. The van der Waals surface area contributed by atoms with E-state index in [1.54, 1.807) is 0 Å². The van der Waals surface area contributed by atoms with Gasteiger partial charge in [0.1, 0.15) is 0 Å². The molecular weight excluding hydrogens is 224 g/mol. The molecule has 0 fully saturated rings. The quantitative estimate of drug-likeness (QED) is 0.827. The lowest BCUT2D eigenvalue weighted by atomic mass is 10.0. The van der Waals surface area contributed by atoms with Crippen LogP contribution in [-0.4, -0.2) is 19.0 Å². The second-order valence-corrected chi connectivity index (χ2v) is 5.30. The third-order valence-electron chi connectivity index (χ3n) is 3.71. The lowest BCUT2D eigenvalue weighted by Gasteiger charge is -2.14. The number of rotatable bonds is 5. The molecule has 0 saturated carbocycles. The van der Waals surface area contributed by atoms with Crippen molar-refractivity contribution in [2.24, 2.45) is 17.6 Å². The van der Waals surface area contributed by atoms with E-state index >= 15 is 0 Å². The van der Waals surface area contributed by atoms with Gasteiger partial charge >= 0.3 is 0 Å². The summed E-state index contributed by atoms with van der Waals surface area (Å²) in [5, 5.41) is 3.05. The van der Waals surface area contributed by atoms with Crippen LogP contribution in [0.5, 0.6) is 0 Å². The number of hydrogen-bond donors (Lipinski definition) is 2. The van der Waals surface area contributed by atoms with Gasteiger partial charge < -0.3 is 11.1 Å². The molecule has 1 aromatic rings. The lowest BCUT2D eigenvalue weighted by molar-refractivity contribution is -0.124. The van der Waals surface area contributed by atoms with Crippen LogP contribution in [0.2, 0.25) is 0 Å². The zero-order valence-electron chi connectivity index (χ0n) is 11.0. The smallest absolute Gasteiger partial charge is 0.223 e. The van der Waals surface area contributed by atoms with E-state index in [1.807, 2.05) is 12.1 Å². The first kappa shape index (κ1) is 13.1. The molecule has 98 valence electrons. The van der Waals surface area contributed by atoms with E-state index in [0.29, 0.717) is 12.5 Å². The molecule has 1 aliphatic carbocycles. The predicted octanol–water partition coefficient (Wildman–Crippen LogP) is 1.50. The summed E-state index contributed by atoms with van der Waals surface area (Å²) in [5.41, 5.74) is 8.16. The Kier molecular flexibility index (Phi) is 4.37. The second kappa shape index (κ2) is 6.01. The zero-order valence-corrected chi connectivity index (χ0v) is 11.0. The average molecular weight is 246 g/mol. The minimum Gasteiger partial charge on any atom is -0.356 e. The third-order valence-corrected chi connectivity index (χ3v) is 3.71. The first-order chi connectivity index (χ1) is 8.70. The number of hydrogen-bond acceptors (Lipinski definition) is 2. The lowest BCUT2D eigenvalue weighted by Crippen LogP contribution is -2.34. The predicted molar refractivity (Wildman–Crippen MR) is 73.2 cm³/mol. The maximum absolute atomic E-state index is 12.1. The highest BCUT2D eigenvalue weighted by molar-refractivity contribution is 5.80. The number of carbonyl (C=O) groups is 1. The number of nitrogens with two attached hydrogens (primary N) is 1. The number of nitrogens with one attached hydrogen (secondary N) is 1. The van der Waals surface area contributed by atoms with E-state index < -0.39 is 0 Å². The van der Waals surface area contributed by atoms with Crippen molar-refractivity contribution in [1.29, 1.82) is 0 Å². The van der Waals surface area contributed by atoms with Crippen molar-refractivity contribution in [2.45, 2.75) is 26.2 Å². The van der Waals surface area contributed by atoms with Crippen molar-refractivity contribution in [1.82, 2.24) is 5.32 Å². The minimum absolute atomic E-state index is 0.118. The Morgan fingerprint density at radius 1 is 1.39 bits per heavy atom. The molecular formula is C15H22N2O. The summed E-state index contributed by atoms with van der Waals surface area (Å²) >= 11 is 0. The largest absolute Gasteiger partial charge is 0.356 e. The monoisotopic (exact) mass is 246 g/mol. The van der Waals surface area contributed by atoms with E-state index in [9.17, 15) is 4.79 Å². The van der Waals surface area contributed by atoms with Crippen molar-refractivity contribution >= 4 is 5.91 Å². The van der Waals surface area contributed by atoms with Crippen molar-refractivity contribution in [3.8, 4) is 0 Å². The molecule has 3 nitrogen and oxygen atoms in total. The Morgan fingerprint density at radius 2 is 2.00 bits per heavy atom. The second-order valence-electron chi connectivity index (χ2n) is 5.30. The standard InChI is InChI=1S/C15H22N2O/c1-11(6-7-16)10-17-15(18)14-8-12-4-2-3-5-13(12)9-14/h2-5,11,14H,6-10,16H2,1H3,(H,17,18). The van der Waals surface area contributed by atoms with Gasteiger partial charge in [-0.15, -0.1) is 0 Å². The van der Waals surface area contributed by atoms with Gasteiger partial charge in [-0.05, 0) is 42.9 Å². The summed E-state index contributed by atoms with van der Waals surface area (Å²) in [7, 11) is 0. The Balaban J connectivity index is 1.82. The van der Waals surface area contributed by atoms with Crippen LogP contribution in [0.25, 0.3) is 0 Å². The van der Waals surface area contributed by atoms with Gasteiger partial charge in [0, 0.05) is 12.5 Å². The highest BCUT2D eigenvalue weighted by atomic mass is 16.1. The summed E-state index contributed by atoms with van der Waals surface area (Å²) in [6.07, 6.45) is 2.73. The van der Waals surface area contributed by atoms with Crippen LogP contribution < -0.4 is 11.1 Å². The van der Waals surface area contributed by atoms with Gasteiger partial charge in [-0.3, -0.25) is 4.79 Å². The Hall–Kier alpha value is -1.35. The van der Waals surface area contributed by atoms with Crippen molar-refractivity contribution in [2.75, 3.05) is 13.1 Å². The fourth-order valence-corrected chi connectivity index (χ4v) is 2.55. The molecule has 1 amide bonds. The third kappa shape index (κ3) is 3.10. The fraction of sp³-hybridized carbons (Fsp3) is 0.533.